The van der Waals surface area contributed by atoms with Crippen molar-refractivity contribution in [2.45, 2.75) is 37.3 Å². The van der Waals surface area contributed by atoms with E-state index in [1.807, 2.05) is 35.1 Å². The normalized spacial score (nSPS) is 21.6. The number of nitrogens with two attached hydrogens (primary N) is 1. The molecule has 0 spiro atoms. The summed E-state index contributed by atoms with van der Waals surface area (Å²) < 4.78 is 3.57. The van der Waals surface area contributed by atoms with Crippen molar-refractivity contribution in [2.75, 3.05) is 13.6 Å². The predicted molar refractivity (Wildman–Crippen MR) is 123 cm³/mol. The fraction of sp³-hybridized carbons (Fsp3) is 0.333. The monoisotopic (exact) mass is 457 g/mol. The third kappa shape index (κ3) is 3.46. The average Bonchev–Trinajstić information content (AvgIpc) is 3.58. The summed E-state index contributed by atoms with van der Waals surface area (Å²) in [6, 6.07) is 9.00. The van der Waals surface area contributed by atoms with Gasteiger partial charge in [-0.1, -0.05) is 17.9 Å². The predicted octanol–water partition coefficient (Wildman–Crippen LogP) is 1.81. The Labute approximate surface area is 195 Å². The Bertz CT molecular complexity index is 1350. The van der Waals surface area contributed by atoms with Gasteiger partial charge in [0.15, 0.2) is 5.69 Å². The third-order valence-electron chi connectivity index (χ3n) is 6.49. The summed E-state index contributed by atoms with van der Waals surface area (Å²) in [5.74, 6) is 4.76. The molecule has 2 aromatic heterocycles. The molecule has 3 aromatic rings. The summed E-state index contributed by atoms with van der Waals surface area (Å²) in [4.78, 5) is 37.6. The van der Waals surface area contributed by atoms with Gasteiger partial charge in [-0.05, 0) is 48.7 Å². The van der Waals surface area contributed by atoms with E-state index >= 15 is 0 Å². The number of fused-ring (bicyclic) bond motifs is 1. The maximum Gasteiger partial charge on any atom is 0.269 e. The molecule has 0 radical (unpaired) electrons. The molecule has 0 saturated carbocycles. The molecule has 5 rings (SSSR count). The van der Waals surface area contributed by atoms with Crippen LogP contribution in [-0.4, -0.2) is 55.4 Å². The summed E-state index contributed by atoms with van der Waals surface area (Å²) >= 11 is 0. The highest BCUT2D eigenvalue weighted by atomic mass is 16.3. The molecule has 0 unspecified atom stereocenters. The summed E-state index contributed by atoms with van der Waals surface area (Å²) in [5.41, 5.74) is 7.40. The van der Waals surface area contributed by atoms with Crippen molar-refractivity contribution in [2.24, 2.45) is 10.9 Å². The highest BCUT2D eigenvalue weighted by molar-refractivity contribution is 5.93. The van der Waals surface area contributed by atoms with Crippen molar-refractivity contribution in [3.63, 3.8) is 0 Å². The lowest BCUT2D eigenvalue weighted by Gasteiger charge is -2.24. The summed E-state index contributed by atoms with van der Waals surface area (Å²) in [6.07, 6.45) is 6.32. The Balaban J connectivity index is 1.56. The van der Waals surface area contributed by atoms with Gasteiger partial charge in [-0.25, -0.2) is 4.68 Å². The molecule has 0 bridgehead atoms. The number of nitrogens with zero attached hydrogens (tertiary/aromatic N) is 6. The van der Waals surface area contributed by atoms with Gasteiger partial charge in [0.2, 0.25) is 5.54 Å². The zero-order valence-corrected chi connectivity index (χ0v) is 18.6. The molecule has 1 aliphatic heterocycles. The Kier molecular flexibility index (Phi) is 5.24. The Morgan fingerprint density at radius 2 is 2.18 bits per heavy atom. The first-order chi connectivity index (χ1) is 16.4. The van der Waals surface area contributed by atoms with E-state index in [-0.39, 0.29) is 24.1 Å². The van der Waals surface area contributed by atoms with Gasteiger partial charge in [0.1, 0.15) is 0 Å². The fourth-order valence-corrected chi connectivity index (χ4v) is 4.76. The zero-order valence-electron chi connectivity index (χ0n) is 18.6. The Morgan fingerprint density at radius 1 is 1.32 bits per heavy atom. The molecule has 2 atom stereocenters. The smallest absolute Gasteiger partial charge is 0.269 e. The molecule has 10 nitrogen and oxygen atoms in total. The fourth-order valence-electron chi connectivity index (χ4n) is 4.76. The van der Waals surface area contributed by atoms with Crippen LogP contribution in [-0.2, 0) is 11.2 Å². The number of benzene rings is 1. The second-order valence-corrected chi connectivity index (χ2v) is 8.61. The molecule has 1 fully saturated rings. The molecule has 1 aliphatic carbocycles. The van der Waals surface area contributed by atoms with Crippen molar-refractivity contribution in [1.29, 1.82) is 0 Å². The van der Waals surface area contributed by atoms with Crippen LogP contribution in [0.1, 0.15) is 52.6 Å². The minimum Gasteiger partial charge on any atom is -0.364 e. The highest BCUT2D eigenvalue weighted by Crippen LogP contribution is 2.36. The molecule has 172 valence electrons. The second-order valence-electron chi connectivity index (χ2n) is 8.61. The molecular weight excluding hydrogens is 434 g/mol. The largest absolute Gasteiger partial charge is 0.364 e. The maximum atomic E-state index is 12.4. The average molecular weight is 457 g/mol. The summed E-state index contributed by atoms with van der Waals surface area (Å²) in [7, 11) is 1.63. The van der Waals surface area contributed by atoms with E-state index in [0.29, 0.717) is 17.8 Å². The third-order valence-corrected chi connectivity index (χ3v) is 6.49. The first kappa shape index (κ1) is 21.6. The zero-order chi connectivity index (χ0) is 23.9. The number of rotatable bonds is 4. The lowest BCUT2D eigenvalue weighted by atomic mass is 9.90. The second kappa shape index (κ2) is 8.26. The Morgan fingerprint density at radius 3 is 2.85 bits per heavy atom. The van der Waals surface area contributed by atoms with Gasteiger partial charge in [-0.2, -0.15) is 10.2 Å². The van der Waals surface area contributed by atoms with E-state index in [2.05, 4.69) is 27.2 Å². The number of nitroso groups, excluding NO2 is 1. The van der Waals surface area contributed by atoms with Crippen LogP contribution in [0.3, 0.4) is 0 Å². The van der Waals surface area contributed by atoms with Gasteiger partial charge >= 0.3 is 0 Å². The van der Waals surface area contributed by atoms with Crippen LogP contribution in [0.2, 0.25) is 0 Å². The number of primary amides is 1. The van der Waals surface area contributed by atoms with Gasteiger partial charge in [0.25, 0.3) is 11.8 Å². The first-order valence-corrected chi connectivity index (χ1v) is 11.1. The van der Waals surface area contributed by atoms with Crippen molar-refractivity contribution < 1.29 is 9.59 Å². The molecule has 3 heterocycles. The number of hydrogen-bond donors (Lipinski definition) is 1. The van der Waals surface area contributed by atoms with Gasteiger partial charge < -0.3 is 10.6 Å². The first-order valence-electron chi connectivity index (χ1n) is 11.1. The standard InChI is InChI=1S/C24H23N7O3/c1-29-14-11-24(28-34,23(29)33)10-9-16-5-2-6-17(15-16)31-19-8-3-7-18(30-13-4-12-26-30)20(19)21(27-31)22(25)32/h2,4-6,12-13,15,18H,3,7-8,11,14H2,1H3,(H2,25,32)/t18-,24+/m1/s1. The van der Waals surface area contributed by atoms with E-state index in [1.54, 1.807) is 24.0 Å². The molecule has 1 saturated heterocycles. The van der Waals surface area contributed by atoms with Crippen LogP contribution >= 0.6 is 0 Å². The van der Waals surface area contributed by atoms with Crippen LogP contribution in [0.5, 0.6) is 0 Å². The van der Waals surface area contributed by atoms with Crippen LogP contribution in [0, 0.1) is 16.7 Å². The maximum absolute atomic E-state index is 12.4. The molecule has 1 aromatic carbocycles. The van der Waals surface area contributed by atoms with Crippen LogP contribution in [0.4, 0.5) is 0 Å². The lowest BCUT2D eigenvalue weighted by Crippen LogP contribution is -2.35. The number of aromatic nitrogens is 4. The Hall–Kier alpha value is -4.26. The molecule has 34 heavy (non-hydrogen) atoms. The molecule has 2 N–H and O–H groups in total. The lowest BCUT2D eigenvalue weighted by molar-refractivity contribution is -0.129. The summed E-state index contributed by atoms with van der Waals surface area (Å²) in [6.45, 7) is 0.437. The van der Waals surface area contributed by atoms with Gasteiger partial charge in [-0.15, -0.1) is 4.91 Å². The van der Waals surface area contributed by atoms with Crippen molar-refractivity contribution in [3.8, 4) is 17.5 Å². The van der Waals surface area contributed by atoms with Crippen LogP contribution in [0.25, 0.3) is 5.69 Å². The SMILES string of the molecule is CN1CC[C@](C#Cc2cccc(-n3nc(C(N)=O)c4c3CCC[C@H]4n3cccn3)c2)(N=O)C1=O. The van der Waals surface area contributed by atoms with Crippen molar-refractivity contribution >= 4 is 11.8 Å². The number of carbonyl (C=O) groups excluding carboxylic acids is 2. The highest BCUT2D eigenvalue weighted by Gasteiger charge is 2.46. The summed E-state index contributed by atoms with van der Waals surface area (Å²) in [5, 5.41) is 12.0. The van der Waals surface area contributed by atoms with Crippen molar-refractivity contribution in [1.82, 2.24) is 24.5 Å². The molecule has 10 heteroatoms. The molecular formula is C24H23N7O3. The van der Waals surface area contributed by atoms with Crippen LogP contribution < -0.4 is 5.73 Å². The van der Waals surface area contributed by atoms with E-state index < -0.39 is 11.4 Å². The van der Waals surface area contributed by atoms with Gasteiger partial charge in [-0.3, -0.25) is 14.3 Å². The topological polar surface area (TPSA) is 128 Å². The van der Waals surface area contributed by atoms with E-state index in [4.69, 9.17) is 5.73 Å². The minimum atomic E-state index is -1.55. The molecule has 2 aliphatic rings. The van der Waals surface area contributed by atoms with E-state index in [0.717, 1.165) is 30.5 Å². The van der Waals surface area contributed by atoms with Crippen molar-refractivity contribution in [3.05, 3.63) is 70.1 Å². The minimum absolute atomic E-state index is 0.123. The number of carbonyl (C=O) groups is 2. The van der Waals surface area contributed by atoms with Gasteiger partial charge in [0.05, 0.1) is 17.4 Å². The number of likely N-dealkylation sites (N-methyl/N-ethyl adjacent to an activating group) is 1. The number of likely N-dealkylation sites (tertiary alicyclic amines) is 1. The van der Waals surface area contributed by atoms with Gasteiger partial charge in [0, 0.05) is 43.5 Å². The quantitative estimate of drug-likeness (QED) is 0.472. The number of amides is 2. The van der Waals surface area contributed by atoms with E-state index in [9.17, 15) is 14.5 Å². The van der Waals surface area contributed by atoms with Crippen LogP contribution in [0.15, 0.2) is 47.9 Å². The number of hydrogen-bond acceptors (Lipinski definition) is 6. The van der Waals surface area contributed by atoms with E-state index in [1.165, 1.54) is 4.90 Å². The molecule has 2 amide bonds.